The van der Waals surface area contributed by atoms with Crippen molar-refractivity contribution in [2.24, 2.45) is 0 Å². The van der Waals surface area contributed by atoms with Crippen molar-refractivity contribution in [3.8, 4) is 16.9 Å². The fourth-order valence-electron chi connectivity index (χ4n) is 2.07. The van der Waals surface area contributed by atoms with Crippen LogP contribution in [0.3, 0.4) is 0 Å². The minimum absolute atomic E-state index is 0.00492. The van der Waals surface area contributed by atoms with Crippen LogP contribution >= 0.6 is 22.6 Å². The fraction of sp³-hybridized carbons (Fsp3) is 0.125. The summed E-state index contributed by atoms with van der Waals surface area (Å²) < 4.78 is 27.2. The standard InChI is InChI=1S/C16H12F2INO5/c17-8-1-2-9(11(18)5-8)7-3-10(14(22)12(19)4-7)15(23)20-13(6-21)16(24)25/h1-5,13,21-22H,6H2,(H,20,23)(H,24,25). The summed E-state index contributed by atoms with van der Waals surface area (Å²) in [5.41, 5.74) is -0.101. The van der Waals surface area contributed by atoms with Crippen LogP contribution < -0.4 is 5.32 Å². The lowest BCUT2D eigenvalue weighted by Gasteiger charge is -2.14. The maximum absolute atomic E-state index is 14.0. The molecule has 0 aliphatic heterocycles. The highest BCUT2D eigenvalue weighted by atomic mass is 127. The van der Waals surface area contributed by atoms with Gasteiger partial charge in [-0.15, -0.1) is 0 Å². The molecule has 0 aliphatic carbocycles. The summed E-state index contributed by atoms with van der Waals surface area (Å²) in [5.74, 6) is -4.45. The molecule has 2 rings (SSSR count). The molecule has 2 aromatic rings. The molecule has 0 aromatic heterocycles. The van der Waals surface area contributed by atoms with E-state index < -0.39 is 41.9 Å². The Morgan fingerprint density at radius 2 is 1.88 bits per heavy atom. The topological polar surface area (TPSA) is 107 Å². The molecule has 1 amide bonds. The molecule has 1 atom stereocenters. The second-order valence-electron chi connectivity index (χ2n) is 5.03. The molecule has 4 N–H and O–H groups in total. The number of benzene rings is 2. The molecule has 0 heterocycles. The highest BCUT2D eigenvalue weighted by Crippen LogP contribution is 2.32. The number of carbonyl (C=O) groups excluding carboxylic acids is 1. The summed E-state index contributed by atoms with van der Waals surface area (Å²) in [6.45, 7) is -0.842. The molecule has 1 unspecified atom stereocenters. The Kier molecular flexibility index (Phi) is 5.90. The second-order valence-corrected chi connectivity index (χ2v) is 6.19. The van der Waals surface area contributed by atoms with Crippen molar-refractivity contribution >= 4 is 34.5 Å². The number of nitrogens with one attached hydrogen (secondary N) is 1. The molecule has 6 nitrogen and oxygen atoms in total. The first-order chi connectivity index (χ1) is 11.7. The minimum Gasteiger partial charge on any atom is -0.506 e. The third kappa shape index (κ3) is 4.23. The Labute approximate surface area is 154 Å². The summed E-state index contributed by atoms with van der Waals surface area (Å²) in [7, 11) is 0. The van der Waals surface area contributed by atoms with E-state index in [2.05, 4.69) is 0 Å². The zero-order chi connectivity index (χ0) is 18.7. The van der Waals surface area contributed by atoms with Crippen LogP contribution in [0, 0.1) is 15.2 Å². The largest absolute Gasteiger partial charge is 0.506 e. The summed E-state index contributed by atoms with van der Waals surface area (Å²) in [6.07, 6.45) is 0. The number of aliphatic carboxylic acids is 1. The summed E-state index contributed by atoms with van der Waals surface area (Å²) in [4.78, 5) is 23.1. The molecule has 132 valence electrons. The van der Waals surface area contributed by atoms with E-state index in [0.717, 1.165) is 12.1 Å². The number of aliphatic hydroxyl groups is 1. The van der Waals surface area contributed by atoms with Gasteiger partial charge in [0.15, 0.2) is 6.04 Å². The summed E-state index contributed by atoms with van der Waals surface area (Å²) in [6, 6.07) is 3.90. The van der Waals surface area contributed by atoms with Crippen LogP contribution in [0.1, 0.15) is 10.4 Å². The number of phenols is 1. The smallest absolute Gasteiger partial charge is 0.328 e. The van der Waals surface area contributed by atoms with E-state index in [1.54, 1.807) is 22.6 Å². The molecule has 0 saturated heterocycles. The molecular formula is C16H12F2INO5. The van der Waals surface area contributed by atoms with Gasteiger partial charge < -0.3 is 20.6 Å². The quantitative estimate of drug-likeness (QED) is 0.509. The third-order valence-electron chi connectivity index (χ3n) is 3.34. The molecule has 0 fully saturated rings. The molecule has 0 bridgehead atoms. The number of amides is 1. The zero-order valence-corrected chi connectivity index (χ0v) is 14.6. The van der Waals surface area contributed by atoms with Crippen LogP contribution in [-0.2, 0) is 4.79 Å². The zero-order valence-electron chi connectivity index (χ0n) is 12.5. The number of carboxylic acid groups (broad SMARTS) is 1. The highest BCUT2D eigenvalue weighted by molar-refractivity contribution is 14.1. The van der Waals surface area contributed by atoms with Gasteiger partial charge in [-0.05, 0) is 52.4 Å². The Hall–Kier alpha value is -2.27. The van der Waals surface area contributed by atoms with E-state index in [1.807, 2.05) is 5.32 Å². The Balaban J connectivity index is 2.47. The van der Waals surface area contributed by atoms with Gasteiger partial charge in [0.25, 0.3) is 5.91 Å². The lowest BCUT2D eigenvalue weighted by molar-refractivity contribution is -0.140. The fourth-order valence-corrected chi connectivity index (χ4v) is 2.70. The number of aliphatic hydroxyl groups excluding tert-OH is 1. The average Bonchev–Trinajstić information content (AvgIpc) is 2.54. The van der Waals surface area contributed by atoms with Crippen LogP contribution in [-0.4, -0.2) is 39.8 Å². The number of rotatable bonds is 5. The predicted molar refractivity (Wildman–Crippen MR) is 92.2 cm³/mol. The summed E-state index contributed by atoms with van der Waals surface area (Å²) >= 11 is 1.72. The molecular weight excluding hydrogens is 451 g/mol. The maximum atomic E-state index is 14.0. The van der Waals surface area contributed by atoms with Crippen molar-refractivity contribution in [3.63, 3.8) is 0 Å². The molecule has 0 saturated carbocycles. The Morgan fingerprint density at radius 3 is 2.44 bits per heavy atom. The molecule has 9 heteroatoms. The van der Waals surface area contributed by atoms with Crippen molar-refractivity contribution in [2.75, 3.05) is 6.61 Å². The van der Waals surface area contributed by atoms with E-state index in [1.165, 1.54) is 12.1 Å². The van der Waals surface area contributed by atoms with Gasteiger partial charge in [0.05, 0.1) is 15.7 Å². The second kappa shape index (κ2) is 7.74. The van der Waals surface area contributed by atoms with Gasteiger partial charge in [-0.2, -0.15) is 0 Å². The monoisotopic (exact) mass is 463 g/mol. The molecule has 2 aromatic carbocycles. The number of halogens is 3. The minimum atomic E-state index is -1.56. The first kappa shape index (κ1) is 19.1. The molecule has 25 heavy (non-hydrogen) atoms. The average molecular weight is 463 g/mol. The van der Waals surface area contributed by atoms with Crippen molar-refractivity contribution in [1.29, 1.82) is 0 Å². The van der Waals surface area contributed by atoms with Crippen LogP contribution in [0.2, 0.25) is 0 Å². The predicted octanol–water partition coefficient (Wildman–Crippen LogP) is 2.12. The van der Waals surface area contributed by atoms with Gasteiger partial charge >= 0.3 is 5.97 Å². The van der Waals surface area contributed by atoms with E-state index in [0.29, 0.717) is 6.07 Å². The summed E-state index contributed by atoms with van der Waals surface area (Å²) in [5, 5.41) is 29.9. The number of hydrogen-bond acceptors (Lipinski definition) is 4. The number of carbonyl (C=O) groups is 2. The maximum Gasteiger partial charge on any atom is 0.328 e. The van der Waals surface area contributed by atoms with Gasteiger partial charge in [0.1, 0.15) is 17.4 Å². The first-order valence-corrected chi connectivity index (χ1v) is 7.95. The lowest BCUT2D eigenvalue weighted by atomic mass is 10.0. The SMILES string of the molecule is O=C(NC(CO)C(=O)O)c1cc(-c2ccc(F)cc2F)cc(I)c1O. The van der Waals surface area contributed by atoms with Gasteiger partial charge in [-0.1, -0.05) is 0 Å². The highest BCUT2D eigenvalue weighted by Gasteiger charge is 2.23. The van der Waals surface area contributed by atoms with E-state index >= 15 is 0 Å². The normalized spacial score (nSPS) is 11.8. The Morgan fingerprint density at radius 1 is 1.20 bits per heavy atom. The van der Waals surface area contributed by atoms with Crippen LogP contribution in [0.5, 0.6) is 5.75 Å². The van der Waals surface area contributed by atoms with Gasteiger partial charge in [0, 0.05) is 11.6 Å². The molecule has 0 spiro atoms. The lowest BCUT2D eigenvalue weighted by Crippen LogP contribution is -2.43. The Bertz CT molecular complexity index is 844. The number of aromatic hydroxyl groups is 1. The van der Waals surface area contributed by atoms with Crippen molar-refractivity contribution in [2.45, 2.75) is 6.04 Å². The molecule has 0 radical (unpaired) electrons. The van der Waals surface area contributed by atoms with Crippen LogP contribution in [0.15, 0.2) is 30.3 Å². The van der Waals surface area contributed by atoms with Crippen LogP contribution in [0.4, 0.5) is 8.78 Å². The number of hydrogen-bond donors (Lipinski definition) is 4. The first-order valence-electron chi connectivity index (χ1n) is 6.87. The van der Waals surface area contributed by atoms with Gasteiger partial charge in [-0.25, -0.2) is 13.6 Å². The van der Waals surface area contributed by atoms with E-state index in [9.17, 15) is 23.5 Å². The van der Waals surface area contributed by atoms with Crippen molar-refractivity contribution < 1.29 is 33.7 Å². The van der Waals surface area contributed by atoms with Crippen molar-refractivity contribution in [1.82, 2.24) is 5.32 Å². The van der Waals surface area contributed by atoms with E-state index in [4.69, 9.17) is 10.2 Å². The number of phenolic OH excluding ortho intramolecular Hbond substituents is 1. The number of carboxylic acids is 1. The van der Waals surface area contributed by atoms with Gasteiger partial charge in [0.2, 0.25) is 0 Å². The van der Waals surface area contributed by atoms with Crippen molar-refractivity contribution in [3.05, 3.63) is 51.1 Å². The van der Waals surface area contributed by atoms with Crippen LogP contribution in [0.25, 0.3) is 11.1 Å². The third-order valence-corrected chi connectivity index (χ3v) is 4.16. The molecule has 0 aliphatic rings. The van der Waals surface area contributed by atoms with Gasteiger partial charge in [-0.3, -0.25) is 4.79 Å². The van der Waals surface area contributed by atoms with E-state index in [-0.39, 0.29) is 20.3 Å².